The molecule has 3 aromatic rings. The highest BCUT2D eigenvalue weighted by Crippen LogP contribution is 2.37. The minimum atomic E-state index is -4.87. The van der Waals surface area contributed by atoms with Crippen molar-refractivity contribution in [1.82, 2.24) is 0 Å². The molecule has 11 heteroatoms. The molecule has 0 aliphatic rings. The van der Waals surface area contributed by atoms with Gasteiger partial charge >= 0.3 is 6.18 Å². The number of anilines is 2. The van der Waals surface area contributed by atoms with Crippen LogP contribution in [0.4, 0.5) is 34.6 Å². The Labute approximate surface area is 184 Å². The second kappa shape index (κ2) is 9.07. The number of alkyl halides is 3. The normalized spacial score (nSPS) is 11.1. The van der Waals surface area contributed by atoms with Crippen LogP contribution in [0.2, 0.25) is 0 Å². The van der Waals surface area contributed by atoms with E-state index in [0.29, 0.717) is 6.07 Å². The summed E-state index contributed by atoms with van der Waals surface area (Å²) in [4.78, 5) is 34.9. The molecule has 0 atom stereocenters. The van der Waals surface area contributed by atoms with Gasteiger partial charge in [0, 0.05) is 28.9 Å². The van der Waals surface area contributed by atoms with E-state index in [1.807, 2.05) is 0 Å². The highest BCUT2D eigenvalue weighted by molar-refractivity contribution is 6.07. The lowest BCUT2D eigenvalue weighted by Gasteiger charge is -2.16. The van der Waals surface area contributed by atoms with Gasteiger partial charge in [0.2, 0.25) is 0 Å². The first kappa shape index (κ1) is 23.4. The zero-order chi connectivity index (χ0) is 24.3. The highest BCUT2D eigenvalue weighted by atomic mass is 19.4. The topological polar surface area (TPSA) is 101 Å². The van der Waals surface area contributed by atoms with Gasteiger partial charge in [-0.2, -0.15) is 13.2 Å². The van der Waals surface area contributed by atoms with Crippen molar-refractivity contribution in [2.45, 2.75) is 13.1 Å². The van der Waals surface area contributed by atoms with Gasteiger partial charge in [-0.05, 0) is 61.0 Å². The van der Waals surface area contributed by atoms with Crippen LogP contribution in [0, 0.1) is 22.9 Å². The van der Waals surface area contributed by atoms with E-state index in [1.54, 1.807) is 0 Å². The van der Waals surface area contributed by atoms with Gasteiger partial charge in [-0.25, -0.2) is 4.39 Å². The van der Waals surface area contributed by atoms with Crippen LogP contribution in [-0.4, -0.2) is 16.7 Å². The van der Waals surface area contributed by atoms with Gasteiger partial charge in [0.05, 0.1) is 16.2 Å². The number of aryl methyl sites for hydroxylation is 1. The predicted octanol–water partition coefficient (Wildman–Crippen LogP) is 5.57. The number of hydrogen-bond acceptors (Lipinski definition) is 4. The van der Waals surface area contributed by atoms with Crippen molar-refractivity contribution >= 4 is 28.9 Å². The highest BCUT2D eigenvalue weighted by Gasteiger charge is 2.34. The molecule has 170 valence electrons. The number of benzene rings is 3. The molecule has 0 heterocycles. The number of nitro benzene ring substituents is 1. The van der Waals surface area contributed by atoms with Crippen molar-refractivity contribution in [2.75, 3.05) is 10.6 Å². The quantitative estimate of drug-likeness (QED) is 0.295. The summed E-state index contributed by atoms with van der Waals surface area (Å²) in [5.74, 6) is -2.22. The first-order chi connectivity index (χ1) is 15.5. The van der Waals surface area contributed by atoms with Crippen LogP contribution in [0.15, 0.2) is 60.7 Å². The molecule has 0 aliphatic heterocycles. The molecule has 0 saturated carbocycles. The molecule has 0 aromatic heterocycles. The summed E-state index contributed by atoms with van der Waals surface area (Å²) in [6.45, 7) is 1.42. The van der Waals surface area contributed by atoms with E-state index < -0.39 is 40.0 Å². The van der Waals surface area contributed by atoms with E-state index in [1.165, 1.54) is 19.1 Å². The van der Waals surface area contributed by atoms with E-state index in [9.17, 15) is 37.3 Å². The molecule has 0 fully saturated rings. The van der Waals surface area contributed by atoms with Gasteiger partial charge in [-0.1, -0.05) is 0 Å². The number of carbonyl (C=O) groups is 2. The van der Waals surface area contributed by atoms with Crippen LogP contribution < -0.4 is 10.6 Å². The number of nitrogens with zero attached hydrogens (tertiary/aromatic N) is 1. The molecule has 3 aromatic carbocycles. The second-order valence-electron chi connectivity index (χ2n) is 6.93. The van der Waals surface area contributed by atoms with E-state index >= 15 is 0 Å². The van der Waals surface area contributed by atoms with Crippen LogP contribution in [0.25, 0.3) is 0 Å². The number of amides is 2. The van der Waals surface area contributed by atoms with E-state index in [2.05, 4.69) is 10.6 Å². The molecule has 0 radical (unpaired) electrons. The number of carbonyl (C=O) groups excluding carboxylic acids is 2. The predicted molar refractivity (Wildman–Crippen MR) is 112 cm³/mol. The maximum Gasteiger partial charge on any atom is 0.418 e. The monoisotopic (exact) mass is 461 g/mol. The number of nitro groups is 1. The Morgan fingerprint density at radius 1 is 0.909 bits per heavy atom. The summed E-state index contributed by atoms with van der Waals surface area (Å²) >= 11 is 0. The van der Waals surface area contributed by atoms with Gasteiger partial charge < -0.3 is 10.6 Å². The Kier molecular flexibility index (Phi) is 6.43. The zero-order valence-corrected chi connectivity index (χ0v) is 16.9. The Balaban J connectivity index is 1.87. The van der Waals surface area contributed by atoms with Crippen molar-refractivity contribution in [3.63, 3.8) is 0 Å². The summed E-state index contributed by atoms with van der Waals surface area (Å²) < 4.78 is 53.9. The van der Waals surface area contributed by atoms with Crippen LogP contribution in [0.3, 0.4) is 0 Å². The maximum atomic E-state index is 13.6. The van der Waals surface area contributed by atoms with Crippen molar-refractivity contribution in [3.05, 3.63) is 98.8 Å². The SMILES string of the molecule is Cc1cc([N+](=O)[O-])ccc1C(=O)Nc1ccc(NC(=O)c2ccc(F)cc2)cc1C(F)(F)F. The summed E-state index contributed by atoms with van der Waals surface area (Å²) in [5.41, 5.74) is -2.03. The Morgan fingerprint density at radius 2 is 1.58 bits per heavy atom. The van der Waals surface area contributed by atoms with E-state index in [4.69, 9.17) is 0 Å². The minimum absolute atomic E-state index is 0.0379. The van der Waals surface area contributed by atoms with Crippen molar-refractivity contribution in [3.8, 4) is 0 Å². The van der Waals surface area contributed by atoms with Crippen LogP contribution in [0.5, 0.6) is 0 Å². The van der Waals surface area contributed by atoms with Gasteiger partial charge in [-0.15, -0.1) is 0 Å². The minimum Gasteiger partial charge on any atom is -0.322 e. The average molecular weight is 461 g/mol. The van der Waals surface area contributed by atoms with Crippen molar-refractivity contribution in [1.29, 1.82) is 0 Å². The maximum absolute atomic E-state index is 13.6. The molecule has 7 nitrogen and oxygen atoms in total. The van der Waals surface area contributed by atoms with Crippen molar-refractivity contribution < 1.29 is 32.1 Å². The number of rotatable bonds is 5. The standard InChI is InChI=1S/C22H15F4N3O4/c1-12-10-16(29(32)33)7-8-17(12)21(31)28-19-9-6-15(11-18(19)22(24,25)26)27-20(30)13-2-4-14(23)5-3-13/h2-11H,1H3,(H,27,30)(H,28,31). The summed E-state index contributed by atoms with van der Waals surface area (Å²) in [5, 5.41) is 15.3. The third-order valence-electron chi connectivity index (χ3n) is 4.60. The number of nitrogens with one attached hydrogen (secondary N) is 2. The third-order valence-corrected chi connectivity index (χ3v) is 4.60. The van der Waals surface area contributed by atoms with Gasteiger partial charge in [-0.3, -0.25) is 19.7 Å². The molecule has 0 spiro atoms. The molecule has 2 N–H and O–H groups in total. The summed E-state index contributed by atoms with van der Waals surface area (Å²) in [6, 6.07) is 10.6. The molecule has 3 rings (SSSR count). The lowest BCUT2D eigenvalue weighted by Crippen LogP contribution is -2.18. The van der Waals surface area contributed by atoms with E-state index in [-0.39, 0.29) is 28.1 Å². The smallest absolute Gasteiger partial charge is 0.322 e. The lowest BCUT2D eigenvalue weighted by molar-refractivity contribution is -0.384. The first-order valence-electron chi connectivity index (χ1n) is 9.30. The molecule has 0 saturated heterocycles. The average Bonchev–Trinajstić information content (AvgIpc) is 2.74. The third kappa shape index (κ3) is 5.50. The molecule has 2 amide bonds. The van der Waals surface area contributed by atoms with Gasteiger partial charge in [0.25, 0.3) is 17.5 Å². The largest absolute Gasteiger partial charge is 0.418 e. The van der Waals surface area contributed by atoms with Crippen LogP contribution in [-0.2, 0) is 6.18 Å². The zero-order valence-electron chi connectivity index (χ0n) is 16.9. The molecular weight excluding hydrogens is 446 g/mol. The fraction of sp³-hybridized carbons (Fsp3) is 0.0909. The Morgan fingerprint density at radius 3 is 2.15 bits per heavy atom. The fourth-order valence-corrected chi connectivity index (χ4v) is 2.98. The van der Waals surface area contributed by atoms with Crippen LogP contribution in [0.1, 0.15) is 31.8 Å². The number of hydrogen-bond donors (Lipinski definition) is 2. The Hall–Kier alpha value is -4.28. The molecule has 0 aliphatic carbocycles. The second-order valence-corrected chi connectivity index (χ2v) is 6.93. The van der Waals surface area contributed by atoms with Crippen molar-refractivity contribution in [2.24, 2.45) is 0 Å². The number of non-ortho nitro benzene ring substituents is 1. The summed E-state index contributed by atoms with van der Waals surface area (Å²) in [7, 11) is 0. The molecular formula is C22H15F4N3O4. The van der Waals surface area contributed by atoms with E-state index in [0.717, 1.165) is 42.5 Å². The van der Waals surface area contributed by atoms with Crippen LogP contribution >= 0.6 is 0 Å². The molecule has 0 bridgehead atoms. The summed E-state index contributed by atoms with van der Waals surface area (Å²) in [6.07, 6.45) is -4.87. The van der Waals surface area contributed by atoms with Gasteiger partial charge in [0.15, 0.2) is 0 Å². The fourth-order valence-electron chi connectivity index (χ4n) is 2.98. The van der Waals surface area contributed by atoms with Gasteiger partial charge in [0.1, 0.15) is 5.82 Å². The lowest BCUT2D eigenvalue weighted by atomic mass is 10.1. The first-order valence-corrected chi connectivity index (χ1v) is 9.30. The molecule has 0 unspecified atom stereocenters. The Bertz CT molecular complexity index is 1240. The number of halogens is 4. The molecule has 33 heavy (non-hydrogen) atoms.